The van der Waals surface area contributed by atoms with Crippen molar-refractivity contribution in [2.24, 2.45) is 0 Å². The smallest absolute Gasteiger partial charge is 0.258 e. The van der Waals surface area contributed by atoms with Crippen LogP contribution in [-0.4, -0.2) is 8.74 Å². The molecule has 0 fully saturated rings. The average molecular weight is 136 g/mol. The Morgan fingerprint density at radius 2 is 2.00 bits per heavy atom. The summed E-state index contributed by atoms with van der Waals surface area (Å²) >= 11 is 0. The number of allylic oxidation sites excluding steroid dienone is 2. The second-order valence-corrected chi connectivity index (χ2v) is 3.55. The van der Waals surface area contributed by atoms with E-state index in [1.165, 1.54) is 0 Å². The molecular formula is C4H3F3Si. The Hall–Kier alpha value is -0.513. The summed E-state index contributed by atoms with van der Waals surface area (Å²) in [5.41, 5.74) is -0.583. The maximum absolute atomic E-state index is 11.9. The molecule has 1 heterocycles. The first kappa shape index (κ1) is 5.62. The summed E-state index contributed by atoms with van der Waals surface area (Å²) in [6, 6.07) is 0. The van der Waals surface area contributed by atoms with Crippen LogP contribution in [0.1, 0.15) is 0 Å². The van der Waals surface area contributed by atoms with Crippen LogP contribution in [0.5, 0.6) is 0 Å². The Morgan fingerprint density at radius 1 is 1.38 bits per heavy atom. The Bertz CT molecular complexity index is 159. The molecule has 0 unspecified atom stereocenters. The van der Waals surface area contributed by atoms with E-state index in [2.05, 4.69) is 0 Å². The van der Waals surface area contributed by atoms with Crippen molar-refractivity contribution in [1.82, 2.24) is 0 Å². The molecule has 0 aliphatic carbocycles. The monoisotopic (exact) mass is 136 g/mol. The van der Waals surface area contributed by atoms with Gasteiger partial charge in [-0.3, -0.25) is 8.22 Å². The van der Waals surface area contributed by atoms with Gasteiger partial charge in [-0.15, -0.1) is 0 Å². The molecule has 0 nitrogen and oxygen atoms in total. The van der Waals surface area contributed by atoms with Crippen LogP contribution in [0.15, 0.2) is 23.3 Å². The minimum atomic E-state index is -4.63. The van der Waals surface area contributed by atoms with Crippen LogP contribution in [0.2, 0.25) is 0 Å². The fourth-order valence-corrected chi connectivity index (χ4v) is 1.26. The van der Waals surface area contributed by atoms with E-state index < -0.39 is 14.2 Å². The highest BCUT2D eigenvalue weighted by Crippen LogP contribution is 2.25. The summed E-state index contributed by atoms with van der Waals surface area (Å²) in [4.78, 5) is 0. The zero-order valence-electron chi connectivity index (χ0n) is 3.87. The molecule has 0 spiro atoms. The van der Waals surface area contributed by atoms with Crippen LogP contribution in [0, 0.1) is 0 Å². The van der Waals surface area contributed by atoms with E-state index in [0.29, 0.717) is 5.70 Å². The molecule has 44 valence electrons. The van der Waals surface area contributed by atoms with Crippen LogP contribution < -0.4 is 0 Å². The largest absolute Gasteiger partial charge is 0.507 e. The molecule has 0 atom stereocenters. The van der Waals surface area contributed by atoms with Gasteiger partial charge in [0.2, 0.25) is 0 Å². The Labute approximate surface area is 45.7 Å². The van der Waals surface area contributed by atoms with Gasteiger partial charge >= 0.3 is 8.74 Å². The lowest BCUT2D eigenvalue weighted by atomic mass is 10.6. The van der Waals surface area contributed by atoms with Gasteiger partial charge in [0, 0.05) is 0 Å². The molecule has 0 saturated carbocycles. The van der Waals surface area contributed by atoms with Crippen LogP contribution in [0.25, 0.3) is 0 Å². The maximum atomic E-state index is 11.9. The van der Waals surface area contributed by atoms with Gasteiger partial charge in [0.05, 0.1) is 0 Å². The van der Waals surface area contributed by atoms with Crippen LogP contribution >= 0.6 is 0 Å². The Morgan fingerprint density at radius 3 is 2.12 bits per heavy atom. The third kappa shape index (κ3) is 0.708. The predicted molar refractivity (Wildman–Crippen MR) is 26.3 cm³/mol. The summed E-state index contributed by atoms with van der Waals surface area (Å²) in [7, 11) is -4.63. The summed E-state index contributed by atoms with van der Waals surface area (Å²) in [6.07, 6.45) is 1.87. The first-order valence-corrected chi connectivity index (χ1v) is 3.89. The first-order valence-electron chi connectivity index (χ1n) is 2.06. The topological polar surface area (TPSA) is 0 Å². The fraction of sp³-hybridized carbons (Fsp3) is 0. The molecular weight excluding hydrogens is 133 g/mol. The van der Waals surface area contributed by atoms with Crippen molar-refractivity contribution in [3.05, 3.63) is 23.3 Å². The zero-order chi connectivity index (χ0) is 6.20. The van der Waals surface area contributed by atoms with E-state index in [4.69, 9.17) is 0 Å². The third-order valence-corrected chi connectivity index (χ3v) is 2.28. The normalized spacial score (nSPS) is 23.6. The van der Waals surface area contributed by atoms with Crippen molar-refractivity contribution in [1.29, 1.82) is 0 Å². The van der Waals surface area contributed by atoms with Crippen molar-refractivity contribution in [3.63, 3.8) is 0 Å². The van der Waals surface area contributed by atoms with Crippen molar-refractivity contribution >= 4 is 8.74 Å². The molecule has 0 radical (unpaired) electrons. The second kappa shape index (κ2) is 1.48. The molecule has 0 aromatic rings. The molecule has 8 heavy (non-hydrogen) atoms. The molecule has 0 bridgehead atoms. The van der Waals surface area contributed by atoms with Crippen LogP contribution in [-0.2, 0) is 0 Å². The Kier molecular flexibility index (Phi) is 1.04. The number of hydrogen-bond donors (Lipinski definition) is 0. The second-order valence-electron chi connectivity index (χ2n) is 1.50. The minimum Gasteiger partial charge on any atom is -0.258 e. The van der Waals surface area contributed by atoms with Crippen molar-refractivity contribution in [3.8, 4) is 0 Å². The fourth-order valence-electron chi connectivity index (χ4n) is 0.444. The van der Waals surface area contributed by atoms with Crippen molar-refractivity contribution < 1.29 is 12.6 Å². The van der Waals surface area contributed by atoms with Gasteiger partial charge in [0.25, 0.3) is 0 Å². The molecule has 0 amide bonds. The minimum absolute atomic E-state index is 0.655. The zero-order valence-corrected chi connectivity index (χ0v) is 4.87. The molecule has 1 aliphatic rings. The summed E-state index contributed by atoms with van der Waals surface area (Å²) in [5.74, 6) is 0. The van der Waals surface area contributed by atoms with Crippen LogP contribution in [0.3, 0.4) is 0 Å². The van der Waals surface area contributed by atoms with Gasteiger partial charge in [-0.2, -0.15) is 0 Å². The van der Waals surface area contributed by atoms with E-state index in [1.54, 1.807) is 0 Å². The average Bonchev–Trinajstić information content (AvgIpc) is 1.86. The SMILES string of the molecule is FC1=CC=C[Si]1(F)F. The van der Waals surface area contributed by atoms with Gasteiger partial charge in [0.15, 0.2) is 5.45 Å². The van der Waals surface area contributed by atoms with Gasteiger partial charge in [-0.05, 0) is 11.8 Å². The lowest BCUT2D eigenvalue weighted by molar-refractivity contribution is 0.573. The van der Waals surface area contributed by atoms with Gasteiger partial charge < -0.3 is 0 Å². The molecule has 1 aliphatic heterocycles. The number of hydrogen-bond acceptors (Lipinski definition) is 0. The molecule has 1 rings (SSSR count). The van der Waals surface area contributed by atoms with E-state index in [1.807, 2.05) is 0 Å². The molecule has 0 saturated heterocycles. The van der Waals surface area contributed by atoms with Crippen molar-refractivity contribution in [2.45, 2.75) is 0 Å². The highest BCUT2D eigenvalue weighted by atomic mass is 28.4. The highest BCUT2D eigenvalue weighted by Gasteiger charge is 2.40. The van der Waals surface area contributed by atoms with Crippen LogP contribution in [0.4, 0.5) is 12.6 Å². The summed E-state index contributed by atoms with van der Waals surface area (Å²) in [6.45, 7) is 0. The summed E-state index contributed by atoms with van der Waals surface area (Å²) in [5, 5.41) is 0. The predicted octanol–water partition coefficient (Wildman–Crippen LogP) is 1.87. The standard InChI is InChI=1S/C4H3F3Si/c5-4-2-1-3-8(4,6)7/h1-3H. The van der Waals surface area contributed by atoms with E-state index in [9.17, 15) is 12.6 Å². The number of rotatable bonds is 0. The molecule has 4 heteroatoms. The number of halogens is 3. The lowest BCUT2D eigenvalue weighted by Crippen LogP contribution is -2.17. The molecule has 0 aromatic heterocycles. The lowest BCUT2D eigenvalue weighted by Gasteiger charge is -1.96. The third-order valence-electron chi connectivity index (χ3n) is 0.867. The van der Waals surface area contributed by atoms with Gasteiger partial charge in [-0.1, -0.05) is 6.08 Å². The van der Waals surface area contributed by atoms with Crippen molar-refractivity contribution in [2.75, 3.05) is 0 Å². The molecule has 0 N–H and O–H groups in total. The Balaban J connectivity index is 2.87. The van der Waals surface area contributed by atoms with E-state index in [-0.39, 0.29) is 0 Å². The van der Waals surface area contributed by atoms with Gasteiger partial charge in [-0.25, -0.2) is 4.39 Å². The molecule has 0 aromatic carbocycles. The quantitative estimate of drug-likeness (QED) is 0.352. The van der Waals surface area contributed by atoms with E-state index in [0.717, 1.165) is 12.2 Å². The maximum Gasteiger partial charge on any atom is 0.507 e. The van der Waals surface area contributed by atoms with E-state index >= 15 is 0 Å². The first-order chi connectivity index (χ1) is 3.63. The van der Waals surface area contributed by atoms with Gasteiger partial charge in [0.1, 0.15) is 0 Å². The highest BCUT2D eigenvalue weighted by molar-refractivity contribution is 6.78. The summed E-state index contributed by atoms with van der Waals surface area (Å²) < 4.78 is 35.7.